The topological polar surface area (TPSA) is 84.3 Å². The zero-order valence-corrected chi connectivity index (χ0v) is 15.2. The number of amides is 2. The fourth-order valence-electron chi connectivity index (χ4n) is 3.44. The van der Waals surface area contributed by atoms with Crippen molar-refractivity contribution in [1.29, 1.82) is 0 Å². The van der Waals surface area contributed by atoms with Crippen molar-refractivity contribution >= 4 is 22.7 Å². The molecule has 7 heteroatoms. The summed E-state index contributed by atoms with van der Waals surface area (Å²) in [6, 6.07) is 7.13. The number of piperidine rings is 1. The third kappa shape index (κ3) is 3.61. The molecule has 1 N–H and O–H groups in total. The van der Waals surface area contributed by atoms with E-state index in [-0.39, 0.29) is 29.8 Å². The van der Waals surface area contributed by atoms with Gasteiger partial charge in [-0.05, 0) is 38.8 Å². The van der Waals surface area contributed by atoms with Gasteiger partial charge in [0.15, 0.2) is 0 Å². The Morgan fingerprint density at radius 3 is 2.85 bits per heavy atom. The van der Waals surface area contributed by atoms with E-state index in [2.05, 4.69) is 10.3 Å². The molecule has 1 saturated heterocycles. The van der Waals surface area contributed by atoms with Gasteiger partial charge in [-0.15, -0.1) is 0 Å². The van der Waals surface area contributed by atoms with Crippen LogP contribution in [0, 0.1) is 12.8 Å². The minimum Gasteiger partial charge on any atom is -0.356 e. The molecule has 0 spiro atoms. The number of nitrogens with zero attached hydrogens (tertiary/aromatic N) is 3. The molecular formula is C19H24N4O3. The Labute approximate surface area is 152 Å². The van der Waals surface area contributed by atoms with Crippen LogP contribution >= 0.6 is 0 Å². The van der Waals surface area contributed by atoms with Crippen molar-refractivity contribution in [2.75, 3.05) is 19.6 Å². The quantitative estimate of drug-likeness (QED) is 0.888. The summed E-state index contributed by atoms with van der Waals surface area (Å²) in [6.07, 6.45) is 1.57. The molecule has 1 aliphatic rings. The van der Waals surface area contributed by atoms with E-state index in [0.29, 0.717) is 36.4 Å². The lowest BCUT2D eigenvalue weighted by molar-refractivity contribution is -0.136. The van der Waals surface area contributed by atoms with Crippen molar-refractivity contribution in [3.05, 3.63) is 40.4 Å². The van der Waals surface area contributed by atoms with Gasteiger partial charge in [0.1, 0.15) is 12.4 Å². The van der Waals surface area contributed by atoms with E-state index in [9.17, 15) is 14.4 Å². The number of fused-ring (bicyclic) bond motifs is 1. The largest absolute Gasteiger partial charge is 0.356 e. The summed E-state index contributed by atoms with van der Waals surface area (Å²) < 4.78 is 1.42. The second-order valence-electron chi connectivity index (χ2n) is 6.64. The van der Waals surface area contributed by atoms with Crippen molar-refractivity contribution in [3.8, 4) is 0 Å². The molecule has 1 aromatic carbocycles. The third-order valence-electron chi connectivity index (χ3n) is 4.84. The number of para-hydroxylation sites is 1. The van der Waals surface area contributed by atoms with Crippen LogP contribution in [0.5, 0.6) is 0 Å². The maximum Gasteiger partial charge on any atom is 0.261 e. The monoisotopic (exact) mass is 356 g/mol. The van der Waals surface area contributed by atoms with Gasteiger partial charge in [0.05, 0.1) is 16.8 Å². The maximum absolute atomic E-state index is 12.7. The minimum absolute atomic E-state index is 0.00859. The van der Waals surface area contributed by atoms with Crippen LogP contribution in [0.3, 0.4) is 0 Å². The summed E-state index contributed by atoms with van der Waals surface area (Å²) >= 11 is 0. The van der Waals surface area contributed by atoms with Crippen LogP contribution in [0.1, 0.15) is 25.6 Å². The Balaban J connectivity index is 1.79. The number of carbonyl (C=O) groups excluding carboxylic acids is 2. The number of hydrogen-bond donors (Lipinski definition) is 1. The van der Waals surface area contributed by atoms with Gasteiger partial charge in [-0.2, -0.15) is 0 Å². The van der Waals surface area contributed by atoms with Crippen LogP contribution in [-0.2, 0) is 16.1 Å². The van der Waals surface area contributed by atoms with Gasteiger partial charge in [0, 0.05) is 19.6 Å². The third-order valence-corrected chi connectivity index (χ3v) is 4.84. The van der Waals surface area contributed by atoms with E-state index < -0.39 is 0 Å². The van der Waals surface area contributed by atoms with Crippen LogP contribution < -0.4 is 10.9 Å². The summed E-state index contributed by atoms with van der Waals surface area (Å²) in [5, 5.41) is 3.33. The van der Waals surface area contributed by atoms with Crippen LogP contribution in [-0.4, -0.2) is 45.9 Å². The average Bonchev–Trinajstić information content (AvgIpc) is 2.65. The number of nitrogens with one attached hydrogen (secondary N) is 1. The first kappa shape index (κ1) is 18.1. The lowest BCUT2D eigenvalue weighted by Crippen LogP contribution is -2.47. The maximum atomic E-state index is 12.7. The molecule has 1 unspecified atom stereocenters. The summed E-state index contributed by atoms with van der Waals surface area (Å²) in [7, 11) is 0. The lowest BCUT2D eigenvalue weighted by atomic mass is 9.97. The molecule has 2 aromatic rings. The standard InChI is InChI=1S/C19H24N4O3/c1-3-20-18(25)14-7-6-10-22(11-14)17(24)12-23-13(2)21-16-9-5-4-8-15(16)19(23)26/h4-5,8-9,14H,3,6-7,10-12H2,1-2H3,(H,20,25). The number of hydrogen-bond acceptors (Lipinski definition) is 4. The summed E-state index contributed by atoms with van der Waals surface area (Å²) in [4.78, 5) is 43.6. The van der Waals surface area contributed by atoms with E-state index in [1.165, 1.54) is 4.57 Å². The Hall–Kier alpha value is -2.70. The summed E-state index contributed by atoms with van der Waals surface area (Å²) in [6.45, 7) is 5.16. The number of rotatable bonds is 4. The number of likely N-dealkylation sites (tertiary alicyclic amines) is 1. The molecule has 2 amide bonds. The first-order valence-corrected chi connectivity index (χ1v) is 9.03. The number of aryl methyl sites for hydroxylation is 1. The average molecular weight is 356 g/mol. The minimum atomic E-state index is -0.210. The van der Waals surface area contributed by atoms with Crippen molar-refractivity contribution in [2.45, 2.75) is 33.2 Å². The van der Waals surface area contributed by atoms with Gasteiger partial charge in [-0.3, -0.25) is 19.0 Å². The highest BCUT2D eigenvalue weighted by atomic mass is 16.2. The second kappa shape index (κ2) is 7.68. The molecule has 0 radical (unpaired) electrons. The molecule has 1 fully saturated rings. The SMILES string of the molecule is CCNC(=O)C1CCCN(C(=O)Cn2c(C)nc3ccccc3c2=O)C1. The highest BCUT2D eigenvalue weighted by Crippen LogP contribution is 2.17. The van der Waals surface area contributed by atoms with Crippen LogP contribution in [0.4, 0.5) is 0 Å². The second-order valence-corrected chi connectivity index (χ2v) is 6.64. The predicted octanol–water partition coefficient (Wildman–Crippen LogP) is 1.08. The molecule has 2 heterocycles. The summed E-state index contributed by atoms with van der Waals surface area (Å²) in [5.41, 5.74) is 0.423. The van der Waals surface area contributed by atoms with Crippen molar-refractivity contribution in [3.63, 3.8) is 0 Å². The predicted molar refractivity (Wildman–Crippen MR) is 98.7 cm³/mol. The molecule has 0 saturated carbocycles. The summed E-state index contributed by atoms with van der Waals surface area (Å²) in [5.74, 6) is 0.173. The van der Waals surface area contributed by atoms with Gasteiger partial charge < -0.3 is 10.2 Å². The molecule has 1 aromatic heterocycles. The van der Waals surface area contributed by atoms with E-state index >= 15 is 0 Å². The fourth-order valence-corrected chi connectivity index (χ4v) is 3.44. The van der Waals surface area contributed by atoms with Crippen molar-refractivity contribution in [2.24, 2.45) is 5.92 Å². The van der Waals surface area contributed by atoms with E-state index in [0.717, 1.165) is 12.8 Å². The smallest absolute Gasteiger partial charge is 0.261 e. The van der Waals surface area contributed by atoms with E-state index in [4.69, 9.17) is 0 Å². The molecule has 7 nitrogen and oxygen atoms in total. The normalized spacial score (nSPS) is 17.3. The van der Waals surface area contributed by atoms with E-state index in [1.54, 1.807) is 30.0 Å². The van der Waals surface area contributed by atoms with Crippen LogP contribution in [0.25, 0.3) is 10.9 Å². The number of benzene rings is 1. The Morgan fingerprint density at radius 1 is 1.31 bits per heavy atom. The molecular weight excluding hydrogens is 332 g/mol. The van der Waals surface area contributed by atoms with Crippen LogP contribution in [0.2, 0.25) is 0 Å². The van der Waals surface area contributed by atoms with Gasteiger partial charge in [0.25, 0.3) is 5.56 Å². The molecule has 26 heavy (non-hydrogen) atoms. The molecule has 1 atom stereocenters. The van der Waals surface area contributed by atoms with Gasteiger partial charge in [0.2, 0.25) is 11.8 Å². The zero-order chi connectivity index (χ0) is 18.7. The van der Waals surface area contributed by atoms with Gasteiger partial charge in [-0.1, -0.05) is 12.1 Å². The highest BCUT2D eigenvalue weighted by molar-refractivity contribution is 5.82. The highest BCUT2D eigenvalue weighted by Gasteiger charge is 2.28. The Bertz CT molecular complexity index is 890. The Morgan fingerprint density at radius 2 is 2.08 bits per heavy atom. The van der Waals surface area contributed by atoms with Crippen molar-refractivity contribution < 1.29 is 9.59 Å². The molecule has 0 bridgehead atoms. The molecule has 3 rings (SSSR count). The number of carbonyl (C=O) groups is 2. The van der Waals surface area contributed by atoms with Crippen LogP contribution in [0.15, 0.2) is 29.1 Å². The first-order chi connectivity index (χ1) is 12.5. The zero-order valence-electron chi connectivity index (χ0n) is 15.2. The Kier molecular flexibility index (Phi) is 5.35. The van der Waals surface area contributed by atoms with Gasteiger partial charge in [-0.25, -0.2) is 4.98 Å². The fraction of sp³-hybridized carbons (Fsp3) is 0.474. The van der Waals surface area contributed by atoms with Crippen molar-refractivity contribution in [1.82, 2.24) is 19.8 Å². The first-order valence-electron chi connectivity index (χ1n) is 9.03. The molecule has 1 aliphatic heterocycles. The molecule has 138 valence electrons. The van der Waals surface area contributed by atoms with Gasteiger partial charge >= 0.3 is 0 Å². The van der Waals surface area contributed by atoms with E-state index in [1.807, 2.05) is 13.0 Å². The molecule has 0 aliphatic carbocycles. The lowest BCUT2D eigenvalue weighted by Gasteiger charge is -2.32. The number of aromatic nitrogens is 2.